The van der Waals surface area contributed by atoms with Crippen LogP contribution in [0.2, 0.25) is 0 Å². The molecule has 0 aliphatic carbocycles. The van der Waals surface area contributed by atoms with Gasteiger partial charge in [0.15, 0.2) is 6.29 Å². The van der Waals surface area contributed by atoms with E-state index in [9.17, 15) is 4.79 Å². The summed E-state index contributed by atoms with van der Waals surface area (Å²) in [6, 6.07) is 0.353. The first kappa shape index (κ1) is 13.8. The summed E-state index contributed by atoms with van der Waals surface area (Å²) < 4.78 is 0. The van der Waals surface area contributed by atoms with Crippen molar-refractivity contribution in [3.8, 4) is 0 Å². The number of fused-ring (bicyclic) bond motifs is 1. The smallest absolute Gasteiger partial charge is 0.152 e. The normalized spacial score (nSPS) is 18.8. The number of H-pyrrole nitrogens is 1. The minimum atomic E-state index is 0. The Labute approximate surface area is 116 Å². The highest BCUT2D eigenvalue weighted by atomic mass is 35.5. The standard InChI is InChI=1S/C12H15N5O.ClH/c18-6-8-4-14-11-10(8)12(16-7-15-11)17-9-2-1-3-13-5-9;/h4,6-7,9,13H,1-3,5H2,(H2,14,15,16,17);1H. The van der Waals surface area contributed by atoms with Crippen LogP contribution in [-0.2, 0) is 0 Å². The Morgan fingerprint density at radius 2 is 2.32 bits per heavy atom. The van der Waals surface area contributed by atoms with Crippen LogP contribution in [0.1, 0.15) is 23.2 Å². The Morgan fingerprint density at radius 1 is 1.42 bits per heavy atom. The van der Waals surface area contributed by atoms with Crippen LogP contribution in [0.5, 0.6) is 0 Å². The summed E-state index contributed by atoms with van der Waals surface area (Å²) in [5.74, 6) is 0.733. The predicted molar refractivity (Wildman–Crippen MR) is 76.0 cm³/mol. The second-order valence-corrected chi connectivity index (χ2v) is 4.50. The first-order valence-corrected chi connectivity index (χ1v) is 6.13. The van der Waals surface area contributed by atoms with Gasteiger partial charge in [-0.25, -0.2) is 9.97 Å². The van der Waals surface area contributed by atoms with E-state index in [1.54, 1.807) is 6.20 Å². The number of carbonyl (C=O) groups excluding carboxylic acids is 1. The zero-order valence-corrected chi connectivity index (χ0v) is 11.2. The van der Waals surface area contributed by atoms with E-state index in [4.69, 9.17) is 0 Å². The fraction of sp³-hybridized carbons (Fsp3) is 0.417. The van der Waals surface area contributed by atoms with Crippen molar-refractivity contribution in [1.82, 2.24) is 20.3 Å². The van der Waals surface area contributed by atoms with Gasteiger partial charge in [-0.05, 0) is 19.4 Å². The number of piperidine rings is 1. The van der Waals surface area contributed by atoms with Crippen LogP contribution >= 0.6 is 12.4 Å². The second kappa shape index (κ2) is 5.99. The molecule has 7 heteroatoms. The van der Waals surface area contributed by atoms with Gasteiger partial charge in [0, 0.05) is 24.3 Å². The lowest BCUT2D eigenvalue weighted by atomic mass is 10.1. The third kappa shape index (κ3) is 2.69. The summed E-state index contributed by atoms with van der Waals surface area (Å²) in [6.45, 7) is 1.99. The SMILES string of the molecule is Cl.O=Cc1c[nH]c2ncnc(NC3CCCNC3)c12. The number of aromatic amines is 1. The first-order valence-electron chi connectivity index (χ1n) is 6.13. The maximum Gasteiger partial charge on any atom is 0.152 e. The lowest BCUT2D eigenvalue weighted by molar-refractivity contribution is 0.112. The number of nitrogens with one attached hydrogen (secondary N) is 3. The number of anilines is 1. The highest BCUT2D eigenvalue weighted by molar-refractivity contribution is 6.01. The monoisotopic (exact) mass is 281 g/mol. The lowest BCUT2D eigenvalue weighted by Crippen LogP contribution is -2.38. The molecule has 19 heavy (non-hydrogen) atoms. The van der Waals surface area contributed by atoms with E-state index in [2.05, 4.69) is 25.6 Å². The summed E-state index contributed by atoms with van der Waals surface area (Å²) in [5.41, 5.74) is 1.29. The molecule has 102 valence electrons. The molecule has 0 bridgehead atoms. The van der Waals surface area contributed by atoms with Crippen molar-refractivity contribution in [1.29, 1.82) is 0 Å². The van der Waals surface area contributed by atoms with Gasteiger partial charge in [-0.15, -0.1) is 12.4 Å². The highest BCUT2D eigenvalue weighted by Gasteiger charge is 2.16. The average molecular weight is 282 g/mol. The van der Waals surface area contributed by atoms with Gasteiger partial charge in [-0.3, -0.25) is 4.79 Å². The van der Waals surface area contributed by atoms with Crippen molar-refractivity contribution in [3.63, 3.8) is 0 Å². The maximum atomic E-state index is 11.0. The number of aldehydes is 1. The van der Waals surface area contributed by atoms with Crippen LogP contribution in [0.15, 0.2) is 12.5 Å². The van der Waals surface area contributed by atoms with Crippen LogP contribution in [-0.4, -0.2) is 40.4 Å². The minimum absolute atomic E-state index is 0. The number of hydrogen-bond donors (Lipinski definition) is 3. The molecule has 1 aliphatic rings. The van der Waals surface area contributed by atoms with Gasteiger partial charge in [-0.2, -0.15) is 0 Å². The third-order valence-corrected chi connectivity index (χ3v) is 3.27. The van der Waals surface area contributed by atoms with Crippen molar-refractivity contribution in [2.24, 2.45) is 0 Å². The van der Waals surface area contributed by atoms with Crippen molar-refractivity contribution in [2.75, 3.05) is 18.4 Å². The van der Waals surface area contributed by atoms with Crippen LogP contribution < -0.4 is 10.6 Å². The largest absolute Gasteiger partial charge is 0.365 e. The average Bonchev–Trinajstić information content (AvgIpc) is 2.84. The third-order valence-electron chi connectivity index (χ3n) is 3.27. The molecule has 3 N–H and O–H groups in total. The van der Waals surface area contributed by atoms with E-state index in [1.807, 2.05) is 0 Å². The molecule has 0 amide bonds. The predicted octanol–water partition coefficient (Wildman–Crippen LogP) is 1.36. The molecular formula is C12H16ClN5O. The summed E-state index contributed by atoms with van der Waals surface area (Å²) in [5, 5.41) is 7.51. The number of carbonyl (C=O) groups is 1. The summed E-state index contributed by atoms with van der Waals surface area (Å²) in [7, 11) is 0. The van der Waals surface area contributed by atoms with Gasteiger partial charge in [-0.1, -0.05) is 0 Å². The molecule has 0 spiro atoms. The summed E-state index contributed by atoms with van der Waals surface area (Å²) in [6.07, 6.45) is 6.26. The van der Waals surface area contributed by atoms with E-state index < -0.39 is 0 Å². The van der Waals surface area contributed by atoms with E-state index in [1.165, 1.54) is 6.33 Å². The molecule has 3 heterocycles. The fourth-order valence-electron chi connectivity index (χ4n) is 2.36. The summed E-state index contributed by atoms with van der Waals surface area (Å²) in [4.78, 5) is 22.4. The van der Waals surface area contributed by atoms with Crippen LogP contribution in [0.25, 0.3) is 11.0 Å². The number of halogens is 1. The zero-order valence-electron chi connectivity index (χ0n) is 10.3. The molecule has 2 aromatic rings. The van der Waals surface area contributed by atoms with Crippen LogP contribution in [0.3, 0.4) is 0 Å². The van der Waals surface area contributed by atoms with Crippen molar-refractivity contribution < 1.29 is 4.79 Å². The van der Waals surface area contributed by atoms with Gasteiger partial charge < -0.3 is 15.6 Å². The molecule has 0 radical (unpaired) electrons. The van der Waals surface area contributed by atoms with E-state index in [-0.39, 0.29) is 12.4 Å². The molecule has 2 aromatic heterocycles. The Bertz CT molecular complexity index is 564. The molecule has 0 aromatic carbocycles. The van der Waals surface area contributed by atoms with Crippen molar-refractivity contribution >= 4 is 35.5 Å². The van der Waals surface area contributed by atoms with Crippen LogP contribution in [0.4, 0.5) is 5.82 Å². The number of hydrogen-bond acceptors (Lipinski definition) is 5. The highest BCUT2D eigenvalue weighted by Crippen LogP contribution is 2.23. The molecule has 3 rings (SSSR count). The Morgan fingerprint density at radius 3 is 3.05 bits per heavy atom. The second-order valence-electron chi connectivity index (χ2n) is 4.50. The first-order chi connectivity index (χ1) is 8.88. The molecule has 1 fully saturated rings. The fourth-order valence-corrected chi connectivity index (χ4v) is 2.36. The van der Waals surface area contributed by atoms with Gasteiger partial charge >= 0.3 is 0 Å². The van der Waals surface area contributed by atoms with Gasteiger partial charge in [0.1, 0.15) is 17.8 Å². The molecular weight excluding hydrogens is 266 g/mol. The Kier molecular flexibility index (Phi) is 4.34. The molecule has 1 atom stereocenters. The Balaban J connectivity index is 0.00000133. The van der Waals surface area contributed by atoms with Crippen LogP contribution in [0, 0.1) is 0 Å². The van der Waals surface area contributed by atoms with E-state index in [0.717, 1.165) is 43.4 Å². The lowest BCUT2D eigenvalue weighted by Gasteiger charge is -2.24. The van der Waals surface area contributed by atoms with Gasteiger partial charge in [0.2, 0.25) is 0 Å². The Hall–Kier alpha value is -1.66. The molecule has 0 saturated carbocycles. The summed E-state index contributed by atoms with van der Waals surface area (Å²) >= 11 is 0. The quantitative estimate of drug-likeness (QED) is 0.740. The minimum Gasteiger partial charge on any atom is -0.365 e. The van der Waals surface area contributed by atoms with Gasteiger partial charge in [0.25, 0.3) is 0 Å². The van der Waals surface area contributed by atoms with Gasteiger partial charge in [0.05, 0.1) is 5.39 Å². The maximum absolute atomic E-state index is 11.0. The topological polar surface area (TPSA) is 82.7 Å². The van der Waals surface area contributed by atoms with Crippen molar-refractivity contribution in [2.45, 2.75) is 18.9 Å². The number of nitrogens with zero attached hydrogens (tertiary/aromatic N) is 2. The molecule has 1 saturated heterocycles. The number of rotatable bonds is 3. The van der Waals surface area contributed by atoms with Crippen molar-refractivity contribution in [3.05, 3.63) is 18.1 Å². The molecule has 1 aliphatic heterocycles. The molecule has 6 nitrogen and oxygen atoms in total. The number of aromatic nitrogens is 3. The molecule has 1 unspecified atom stereocenters. The van der Waals surface area contributed by atoms with E-state index >= 15 is 0 Å². The van der Waals surface area contributed by atoms with E-state index in [0.29, 0.717) is 17.3 Å². The zero-order chi connectivity index (χ0) is 12.4.